The lowest BCUT2D eigenvalue weighted by Crippen LogP contribution is -2.39. The molecule has 1 N–H and O–H groups in total. The topological polar surface area (TPSA) is 78.8 Å². The fourth-order valence-electron chi connectivity index (χ4n) is 2.07. The van der Waals surface area contributed by atoms with Gasteiger partial charge in [-0.1, -0.05) is 41.4 Å². The van der Waals surface area contributed by atoms with E-state index >= 15 is 0 Å². The number of hydrogen-bond donors (Lipinski definition) is 1. The van der Waals surface area contributed by atoms with Crippen LogP contribution in [-0.2, 0) is 14.8 Å². The van der Waals surface area contributed by atoms with Gasteiger partial charge in [0.25, 0.3) is 5.91 Å². The number of sulfonamides is 1. The zero-order valence-electron chi connectivity index (χ0n) is 14.1. The Morgan fingerprint density at radius 2 is 1.96 bits per heavy atom. The molecular formula is C17H17Cl2N3O3S. The predicted molar refractivity (Wildman–Crippen MR) is 106 cm³/mol. The Kier molecular flexibility index (Phi) is 6.63. The van der Waals surface area contributed by atoms with Crippen LogP contribution >= 0.6 is 23.2 Å². The number of amides is 1. The molecule has 0 heterocycles. The van der Waals surface area contributed by atoms with Crippen LogP contribution in [0.3, 0.4) is 0 Å². The van der Waals surface area contributed by atoms with Crippen molar-refractivity contribution >= 4 is 51.0 Å². The molecule has 1 amide bonds. The molecule has 2 aromatic rings. The van der Waals surface area contributed by atoms with Gasteiger partial charge in [0.2, 0.25) is 10.0 Å². The van der Waals surface area contributed by atoms with Crippen molar-refractivity contribution in [2.75, 3.05) is 17.1 Å². The lowest BCUT2D eigenvalue weighted by Gasteiger charge is -2.21. The number of nitrogens with zero attached hydrogens (tertiary/aromatic N) is 2. The molecule has 2 rings (SSSR count). The minimum absolute atomic E-state index is 0.303. The molecule has 0 saturated carbocycles. The zero-order valence-corrected chi connectivity index (χ0v) is 16.4. The highest BCUT2D eigenvalue weighted by atomic mass is 35.5. The fourth-order valence-corrected chi connectivity index (χ4v) is 3.29. The van der Waals surface area contributed by atoms with Gasteiger partial charge in [-0.15, -0.1) is 0 Å². The summed E-state index contributed by atoms with van der Waals surface area (Å²) in [6.45, 7) is 1.37. The minimum atomic E-state index is -3.68. The number of hydrazone groups is 1. The van der Waals surface area contributed by atoms with Gasteiger partial charge in [-0.2, -0.15) is 5.10 Å². The van der Waals surface area contributed by atoms with Crippen molar-refractivity contribution in [3.05, 3.63) is 63.6 Å². The summed E-state index contributed by atoms with van der Waals surface area (Å²) in [5.74, 6) is -0.592. The molecule has 0 aliphatic rings. The number of aryl methyl sites for hydroxylation is 1. The highest BCUT2D eigenvalue weighted by molar-refractivity contribution is 7.92. The molecule has 0 radical (unpaired) electrons. The first-order chi connectivity index (χ1) is 12.2. The van der Waals surface area contributed by atoms with E-state index in [0.29, 0.717) is 21.3 Å². The Labute approximate surface area is 162 Å². The second-order valence-corrected chi connectivity index (χ2v) is 8.30. The first-order valence-corrected chi connectivity index (χ1v) is 10.1. The Hall–Kier alpha value is -2.09. The van der Waals surface area contributed by atoms with Crippen LogP contribution in [0.1, 0.15) is 11.1 Å². The number of anilines is 1. The van der Waals surface area contributed by atoms with Gasteiger partial charge in [0, 0.05) is 10.0 Å². The van der Waals surface area contributed by atoms with Crippen molar-refractivity contribution in [2.24, 2.45) is 5.10 Å². The Bertz CT molecular complexity index is 946. The van der Waals surface area contributed by atoms with Gasteiger partial charge in [0.05, 0.1) is 18.2 Å². The molecule has 0 aliphatic carbocycles. The Morgan fingerprint density at radius 1 is 1.23 bits per heavy atom. The molecule has 0 unspecified atom stereocenters. The van der Waals surface area contributed by atoms with Crippen LogP contribution in [0.4, 0.5) is 5.69 Å². The molecule has 9 heteroatoms. The molecule has 0 aliphatic heterocycles. The SMILES string of the molecule is Cc1ccc(N(CC(=O)N/N=C\c2cccc(Cl)c2)S(C)(=O)=O)cc1Cl. The molecule has 0 aromatic heterocycles. The summed E-state index contributed by atoms with van der Waals surface area (Å²) in [6, 6.07) is 11.7. The maximum atomic E-state index is 12.1. The van der Waals surface area contributed by atoms with Crippen molar-refractivity contribution in [3.8, 4) is 0 Å². The lowest BCUT2D eigenvalue weighted by atomic mass is 10.2. The van der Waals surface area contributed by atoms with Crippen molar-refractivity contribution in [2.45, 2.75) is 6.92 Å². The van der Waals surface area contributed by atoms with Crippen molar-refractivity contribution in [1.82, 2.24) is 5.43 Å². The van der Waals surface area contributed by atoms with Crippen LogP contribution < -0.4 is 9.73 Å². The number of benzene rings is 2. The number of halogens is 2. The number of carbonyl (C=O) groups excluding carboxylic acids is 1. The molecule has 0 spiro atoms. The number of rotatable bonds is 6. The van der Waals surface area contributed by atoms with E-state index in [-0.39, 0.29) is 0 Å². The van der Waals surface area contributed by atoms with Gasteiger partial charge in [-0.05, 0) is 42.3 Å². The van der Waals surface area contributed by atoms with Gasteiger partial charge < -0.3 is 0 Å². The monoisotopic (exact) mass is 413 g/mol. The fraction of sp³-hybridized carbons (Fsp3) is 0.176. The predicted octanol–water partition coefficient (Wildman–Crippen LogP) is 3.22. The number of hydrogen-bond acceptors (Lipinski definition) is 4. The standard InChI is InChI=1S/C17H17Cl2N3O3S/c1-12-6-7-15(9-16(12)19)22(26(2,24)25)11-17(23)21-20-10-13-4-3-5-14(18)8-13/h3-10H,11H2,1-2H3,(H,21,23)/b20-10-. The highest BCUT2D eigenvalue weighted by Crippen LogP contribution is 2.24. The summed E-state index contributed by atoms with van der Waals surface area (Å²) in [5.41, 5.74) is 4.10. The smallest absolute Gasteiger partial charge is 0.260 e. The van der Waals surface area contributed by atoms with E-state index in [1.54, 1.807) is 43.3 Å². The first kappa shape index (κ1) is 20.2. The van der Waals surface area contributed by atoms with Crippen LogP contribution in [0.25, 0.3) is 0 Å². The van der Waals surface area contributed by atoms with Crippen LogP contribution in [0.2, 0.25) is 10.0 Å². The van der Waals surface area contributed by atoms with E-state index < -0.39 is 22.5 Å². The van der Waals surface area contributed by atoms with Crippen LogP contribution in [0.5, 0.6) is 0 Å². The zero-order chi connectivity index (χ0) is 19.3. The third kappa shape index (κ3) is 5.72. The van der Waals surface area contributed by atoms with Gasteiger partial charge in [-0.25, -0.2) is 13.8 Å². The summed E-state index contributed by atoms with van der Waals surface area (Å²) < 4.78 is 25.1. The van der Waals surface area contributed by atoms with Gasteiger partial charge in [0.1, 0.15) is 6.54 Å². The van der Waals surface area contributed by atoms with E-state index in [0.717, 1.165) is 16.1 Å². The normalized spacial score (nSPS) is 11.5. The number of carbonyl (C=O) groups is 1. The second kappa shape index (κ2) is 8.53. The average Bonchev–Trinajstić information content (AvgIpc) is 2.54. The molecule has 6 nitrogen and oxygen atoms in total. The summed E-state index contributed by atoms with van der Waals surface area (Å²) in [5, 5.41) is 4.77. The highest BCUT2D eigenvalue weighted by Gasteiger charge is 2.21. The molecular weight excluding hydrogens is 397 g/mol. The largest absolute Gasteiger partial charge is 0.271 e. The van der Waals surface area contributed by atoms with Gasteiger partial charge in [-0.3, -0.25) is 9.10 Å². The molecule has 0 fully saturated rings. The summed E-state index contributed by atoms with van der Waals surface area (Å²) in [4.78, 5) is 12.1. The summed E-state index contributed by atoms with van der Waals surface area (Å²) in [6.07, 6.45) is 2.43. The van der Waals surface area contributed by atoms with E-state index in [1.165, 1.54) is 12.3 Å². The van der Waals surface area contributed by atoms with E-state index in [9.17, 15) is 13.2 Å². The lowest BCUT2D eigenvalue weighted by molar-refractivity contribution is -0.119. The van der Waals surface area contributed by atoms with Crippen molar-refractivity contribution in [3.63, 3.8) is 0 Å². The first-order valence-electron chi connectivity index (χ1n) is 7.48. The average molecular weight is 414 g/mol. The van der Waals surface area contributed by atoms with Crippen LogP contribution in [0.15, 0.2) is 47.6 Å². The van der Waals surface area contributed by atoms with Gasteiger partial charge in [0.15, 0.2) is 0 Å². The summed E-state index contributed by atoms with van der Waals surface area (Å²) >= 11 is 11.9. The van der Waals surface area contributed by atoms with E-state index in [2.05, 4.69) is 10.5 Å². The van der Waals surface area contributed by atoms with Crippen molar-refractivity contribution < 1.29 is 13.2 Å². The van der Waals surface area contributed by atoms with Gasteiger partial charge >= 0.3 is 0 Å². The maximum Gasteiger partial charge on any atom is 0.260 e. The molecule has 138 valence electrons. The Morgan fingerprint density at radius 3 is 2.58 bits per heavy atom. The second-order valence-electron chi connectivity index (χ2n) is 5.55. The molecule has 26 heavy (non-hydrogen) atoms. The third-order valence-electron chi connectivity index (χ3n) is 3.38. The molecule has 0 saturated heterocycles. The van der Waals surface area contributed by atoms with Crippen molar-refractivity contribution in [1.29, 1.82) is 0 Å². The molecule has 0 atom stereocenters. The summed E-state index contributed by atoms with van der Waals surface area (Å²) in [7, 11) is -3.68. The maximum absolute atomic E-state index is 12.1. The Balaban J connectivity index is 2.11. The molecule has 2 aromatic carbocycles. The van der Waals surface area contributed by atoms with E-state index in [4.69, 9.17) is 23.2 Å². The third-order valence-corrected chi connectivity index (χ3v) is 5.17. The quantitative estimate of drug-likeness (QED) is 0.583. The van der Waals surface area contributed by atoms with Crippen LogP contribution in [0, 0.1) is 6.92 Å². The number of nitrogens with one attached hydrogen (secondary N) is 1. The molecule has 0 bridgehead atoms. The van der Waals surface area contributed by atoms with E-state index in [1.807, 2.05) is 0 Å². The minimum Gasteiger partial charge on any atom is -0.271 e. The van der Waals surface area contributed by atoms with Crippen LogP contribution in [-0.4, -0.2) is 33.3 Å².